The average molecular weight is 303 g/mol. The van der Waals surface area contributed by atoms with Gasteiger partial charge in [0, 0.05) is 24.7 Å². The highest BCUT2D eigenvalue weighted by Crippen LogP contribution is 2.31. The van der Waals surface area contributed by atoms with Gasteiger partial charge in [0.25, 0.3) is 0 Å². The van der Waals surface area contributed by atoms with Crippen LogP contribution in [0.5, 0.6) is 0 Å². The third-order valence-electron chi connectivity index (χ3n) is 3.07. The lowest BCUT2D eigenvalue weighted by atomic mass is 10.2. The van der Waals surface area contributed by atoms with Crippen LogP contribution in [0.4, 0.5) is 0 Å². The third kappa shape index (κ3) is 2.47. The number of aromatic carboxylic acids is 1. The van der Waals surface area contributed by atoms with Gasteiger partial charge in [0.2, 0.25) is 0 Å². The molecule has 6 nitrogen and oxygen atoms in total. The van der Waals surface area contributed by atoms with Crippen molar-refractivity contribution < 1.29 is 14.3 Å². The molecule has 0 aromatic carbocycles. The molecule has 0 amide bonds. The van der Waals surface area contributed by atoms with Crippen LogP contribution in [0, 0.1) is 0 Å². The van der Waals surface area contributed by atoms with Crippen molar-refractivity contribution in [2.24, 2.45) is 7.05 Å². The largest absolute Gasteiger partial charge is 0.478 e. The maximum absolute atomic E-state index is 10.9. The van der Waals surface area contributed by atoms with E-state index < -0.39 is 5.97 Å². The van der Waals surface area contributed by atoms with E-state index in [-0.39, 0.29) is 5.56 Å². The van der Waals surface area contributed by atoms with Gasteiger partial charge in [-0.2, -0.15) is 5.10 Å². The Kier molecular flexibility index (Phi) is 3.34. The van der Waals surface area contributed by atoms with Gasteiger partial charge in [0.05, 0.1) is 16.8 Å². The van der Waals surface area contributed by atoms with Crippen LogP contribution in [-0.2, 0) is 13.5 Å². The fraction of sp³-hybridized carbons (Fsp3) is 0.214. The summed E-state index contributed by atoms with van der Waals surface area (Å²) in [5.74, 6) is -0.558. The molecule has 3 heterocycles. The zero-order chi connectivity index (χ0) is 15.0. The number of hydrogen-bond donors (Lipinski definition) is 1. The normalized spacial score (nSPS) is 11.0. The lowest BCUT2D eigenvalue weighted by molar-refractivity contribution is 0.0696. The van der Waals surface area contributed by atoms with Crippen molar-refractivity contribution in [2.45, 2.75) is 13.3 Å². The van der Waals surface area contributed by atoms with Crippen LogP contribution < -0.4 is 0 Å². The standard InChI is InChI=1S/C14H13N3O3S/c1-3-10-9(5-17(2)16-10)13-15-11(7-21-13)12-4-8(6-20-12)14(18)19/h4-7H,3H2,1-2H3,(H,18,19). The molecule has 0 bridgehead atoms. The smallest absolute Gasteiger partial charge is 0.338 e. The number of aryl methyl sites for hydroxylation is 2. The minimum absolute atomic E-state index is 0.121. The van der Waals surface area contributed by atoms with Crippen molar-refractivity contribution in [2.75, 3.05) is 0 Å². The van der Waals surface area contributed by atoms with Crippen molar-refractivity contribution in [1.29, 1.82) is 0 Å². The predicted molar refractivity (Wildman–Crippen MR) is 78.4 cm³/mol. The number of thiazole rings is 1. The van der Waals surface area contributed by atoms with Gasteiger partial charge >= 0.3 is 5.97 Å². The monoisotopic (exact) mass is 303 g/mol. The van der Waals surface area contributed by atoms with E-state index in [1.165, 1.54) is 23.7 Å². The summed E-state index contributed by atoms with van der Waals surface area (Å²) in [4.78, 5) is 15.4. The van der Waals surface area contributed by atoms with Gasteiger partial charge in [-0.25, -0.2) is 9.78 Å². The Balaban J connectivity index is 1.97. The maximum atomic E-state index is 10.9. The number of hydrogen-bond acceptors (Lipinski definition) is 5. The first-order valence-corrected chi connectivity index (χ1v) is 7.27. The summed E-state index contributed by atoms with van der Waals surface area (Å²) < 4.78 is 7.03. The van der Waals surface area contributed by atoms with Gasteiger partial charge in [-0.05, 0) is 6.42 Å². The maximum Gasteiger partial charge on any atom is 0.338 e. The number of carboxylic acid groups (broad SMARTS) is 1. The summed E-state index contributed by atoms with van der Waals surface area (Å²) in [7, 11) is 1.88. The molecule has 0 spiro atoms. The summed E-state index contributed by atoms with van der Waals surface area (Å²) in [6.07, 6.45) is 3.99. The number of carboxylic acids is 1. The molecule has 108 valence electrons. The first kappa shape index (κ1) is 13.6. The predicted octanol–water partition coefficient (Wildman–Crippen LogP) is 3.06. The van der Waals surface area contributed by atoms with Crippen molar-refractivity contribution >= 4 is 17.3 Å². The molecule has 7 heteroatoms. The van der Waals surface area contributed by atoms with Gasteiger partial charge in [-0.3, -0.25) is 4.68 Å². The summed E-state index contributed by atoms with van der Waals surface area (Å²) in [5.41, 5.74) is 2.74. The minimum atomic E-state index is -1.01. The second-order valence-electron chi connectivity index (χ2n) is 4.56. The molecule has 0 aliphatic rings. The van der Waals surface area contributed by atoms with E-state index in [1.54, 1.807) is 4.68 Å². The Hall–Kier alpha value is -2.41. The van der Waals surface area contributed by atoms with E-state index in [4.69, 9.17) is 9.52 Å². The van der Waals surface area contributed by atoms with E-state index in [0.717, 1.165) is 22.7 Å². The van der Waals surface area contributed by atoms with E-state index in [9.17, 15) is 4.79 Å². The highest BCUT2D eigenvalue weighted by Gasteiger charge is 2.16. The van der Waals surface area contributed by atoms with E-state index in [2.05, 4.69) is 10.1 Å². The molecular weight excluding hydrogens is 290 g/mol. The molecule has 0 radical (unpaired) electrons. The molecule has 3 aromatic rings. The summed E-state index contributed by atoms with van der Waals surface area (Å²) in [6.45, 7) is 2.05. The van der Waals surface area contributed by atoms with Gasteiger partial charge in [0.1, 0.15) is 17.0 Å². The van der Waals surface area contributed by atoms with Crippen LogP contribution in [-0.4, -0.2) is 25.8 Å². The molecule has 0 fully saturated rings. The highest BCUT2D eigenvalue weighted by molar-refractivity contribution is 7.13. The minimum Gasteiger partial charge on any atom is -0.478 e. The van der Waals surface area contributed by atoms with Crippen LogP contribution in [0.15, 0.2) is 28.3 Å². The number of furan rings is 1. The molecule has 3 rings (SSSR count). The Bertz CT molecular complexity index is 800. The number of aromatic nitrogens is 3. The molecule has 0 aliphatic carbocycles. The third-order valence-corrected chi connectivity index (χ3v) is 3.95. The lowest BCUT2D eigenvalue weighted by Gasteiger charge is -1.93. The molecule has 0 aliphatic heterocycles. The summed E-state index contributed by atoms with van der Waals surface area (Å²) in [5, 5.41) is 16.0. The van der Waals surface area contributed by atoms with Crippen molar-refractivity contribution in [3.05, 3.63) is 35.2 Å². The number of nitrogens with zero attached hydrogens (tertiary/aromatic N) is 3. The quantitative estimate of drug-likeness (QED) is 0.801. The van der Waals surface area contributed by atoms with Crippen molar-refractivity contribution in [3.63, 3.8) is 0 Å². The molecule has 0 unspecified atom stereocenters. The molecule has 21 heavy (non-hydrogen) atoms. The Morgan fingerprint density at radius 2 is 2.33 bits per heavy atom. The molecule has 0 saturated carbocycles. The van der Waals surface area contributed by atoms with Crippen LogP contribution in [0.1, 0.15) is 23.0 Å². The first-order chi connectivity index (χ1) is 10.1. The van der Waals surface area contributed by atoms with E-state index in [1.807, 2.05) is 25.5 Å². The fourth-order valence-electron chi connectivity index (χ4n) is 2.07. The Morgan fingerprint density at radius 1 is 1.52 bits per heavy atom. The van der Waals surface area contributed by atoms with Crippen LogP contribution in [0.25, 0.3) is 22.0 Å². The Morgan fingerprint density at radius 3 is 3.00 bits per heavy atom. The first-order valence-electron chi connectivity index (χ1n) is 6.39. The van der Waals surface area contributed by atoms with Gasteiger partial charge < -0.3 is 9.52 Å². The van der Waals surface area contributed by atoms with Crippen LogP contribution in [0.2, 0.25) is 0 Å². The number of carbonyl (C=O) groups is 1. The zero-order valence-corrected chi connectivity index (χ0v) is 12.3. The van der Waals surface area contributed by atoms with Crippen molar-refractivity contribution in [1.82, 2.24) is 14.8 Å². The molecular formula is C14H13N3O3S. The molecule has 3 aromatic heterocycles. The van der Waals surface area contributed by atoms with Gasteiger partial charge in [-0.15, -0.1) is 11.3 Å². The van der Waals surface area contributed by atoms with Crippen LogP contribution >= 0.6 is 11.3 Å². The molecule has 0 saturated heterocycles. The SMILES string of the molecule is CCc1nn(C)cc1-c1nc(-c2cc(C(=O)O)co2)cs1. The van der Waals surface area contributed by atoms with E-state index in [0.29, 0.717) is 11.5 Å². The lowest BCUT2D eigenvalue weighted by Crippen LogP contribution is -1.91. The average Bonchev–Trinajstić information content (AvgIpc) is 3.16. The van der Waals surface area contributed by atoms with Crippen molar-refractivity contribution in [3.8, 4) is 22.0 Å². The Labute approximate surface area is 124 Å². The second-order valence-corrected chi connectivity index (χ2v) is 5.42. The second kappa shape index (κ2) is 5.17. The zero-order valence-electron chi connectivity index (χ0n) is 11.5. The fourth-order valence-corrected chi connectivity index (χ4v) is 2.91. The number of rotatable bonds is 4. The molecule has 1 N–H and O–H groups in total. The summed E-state index contributed by atoms with van der Waals surface area (Å²) >= 11 is 1.49. The molecule has 0 atom stereocenters. The van der Waals surface area contributed by atoms with E-state index >= 15 is 0 Å². The summed E-state index contributed by atoms with van der Waals surface area (Å²) in [6, 6.07) is 1.48. The highest BCUT2D eigenvalue weighted by atomic mass is 32.1. The van der Waals surface area contributed by atoms with Gasteiger partial charge in [-0.1, -0.05) is 6.92 Å². The van der Waals surface area contributed by atoms with Crippen LogP contribution in [0.3, 0.4) is 0 Å². The van der Waals surface area contributed by atoms with Gasteiger partial charge in [0.15, 0.2) is 5.76 Å². The topological polar surface area (TPSA) is 81.2 Å².